The fourth-order valence-corrected chi connectivity index (χ4v) is 2.91. The van der Waals surface area contributed by atoms with E-state index in [2.05, 4.69) is 4.98 Å². The van der Waals surface area contributed by atoms with Crippen LogP contribution in [-0.2, 0) is 23.9 Å². The highest BCUT2D eigenvalue weighted by atomic mass is 19.4. The molecule has 0 saturated carbocycles. The largest absolute Gasteiger partial charge is 0.461 e. The van der Waals surface area contributed by atoms with Gasteiger partial charge in [0.15, 0.2) is 0 Å². The van der Waals surface area contributed by atoms with Crippen LogP contribution in [0.4, 0.5) is 23.2 Å². The molecule has 1 aliphatic rings. The molecule has 0 aliphatic carbocycles. The maximum atomic E-state index is 13.8. The van der Waals surface area contributed by atoms with E-state index in [1.807, 2.05) is 0 Å². The topological polar surface area (TPSA) is 42.4 Å². The van der Waals surface area contributed by atoms with Crippen molar-refractivity contribution in [3.05, 3.63) is 58.7 Å². The fraction of sp³-hybridized carbons (Fsp3) is 0.333. The number of esters is 1. The number of ether oxygens (including phenoxy) is 1. The average Bonchev–Trinajstić information content (AvgIpc) is 2.59. The normalized spacial score (nSPS) is 14.1. The van der Waals surface area contributed by atoms with Gasteiger partial charge in [-0.15, -0.1) is 0 Å². The Bertz CT molecular complexity index is 836. The van der Waals surface area contributed by atoms with E-state index >= 15 is 0 Å². The number of rotatable bonds is 3. The Labute approximate surface area is 147 Å². The highest BCUT2D eigenvalue weighted by Gasteiger charge is 2.34. The molecule has 1 aromatic heterocycles. The van der Waals surface area contributed by atoms with Gasteiger partial charge < -0.3 is 9.64 Å². The van der Waals surface area contributed by atoms with Gasteiger partial charge in [0.25, 0.3) is 0 Å². The molecule has 8 heteroatoms. The Hall–Kier alpha value is -2.64. The molecule has 0 N–H and O–H groups in total. The number of alkyl halides is 3. The minimum absolute atomic E-state index is 0.222. The van der Waals surface area contributed by atoms with Gasteiger partial charge in [-0.2, -0.15) is 13.2 Å². The lowest BCUT2D eigenvalue weighted by Gasteiger charge is -2.31. The number of carbonyl (C=O) groups excluding carboxylic acids is 1. The summed E-state index contributed by atoms with van der Waals surface area (Å²) in [6.07, 6.45) is -2.61. The van der Waals surface area contributed by atoms with Gasteiger partial charge in [0.05, 0.1) is 12.2 Å². The van der Waals surface area contributed by atoms with Gasteiger partial charge >= 0.3 is 12.1 Å². The summed E-state index contributed by atoms with van der Waals surface area (Å²) in [5, 5.41) is 0. The van der Waals surface area contributed by atoms with E-state index in [-0.39, 0.29) is 12.3 Å². The van der Waals surface area contributed by atoms with E-state index < -0.39 is 23.5 Å². The van der Waals surface area contributed by atoms with Crippen LogP contribution >= 0.6 is 0 Å². The molecule has 0 radical (unpaired) electrons. The van der Waals surface area contributed by atoms with Crippen molar-refractivity contribution in [2.75, 3.05) is 18.1 Å². The molecule has 3 rings (SSSR count). The van der Waals surface area contributed by atoms with Crippen LogP contribution in [0.15, 0.2) is 30.5 Å². The van der Waals surface area contributed by atoms with Crippen molar-refractivity contribution in [3.63, 3.8) is 0 Å². The van der Waals surface area contributed by atoms with Crippen LogP contribution in [0.25, 0.3) is 0 Å². The number of benzene rings is 1. The number of pyridine rings is 1. The predicted octanol–water partition coefficient (Wildman–Crippen LogP) is 3.98. The standard InChI is InChI=1S/C18H16F4N2O2/c1-2-26-17(25)16-7-11-5-6-24(10-12(11)9-23-16)13-3-4-14(15(19)8-13)18(20,21)22/h3-4,7-9H,2,5-6,10H2,1H3. The number of fused-ring (bicyclic) bond motifs is 1. The Morgan fingerprint density at radius 1 is 1.27 bits per heavy atom. The summed E-state index contributed by atoms with van der Waals surface area (Å²) in [4.78, 5) is 17.6. The molecule has 0 spiro atoms. The van der Waals surface area contributed by atoms with Crippen LogP contribution in [0.5, 0.6) is 0 Å². The van der Waals surface area contributed by atoms with Crippen LogP contribution in [-0.4, -0.2) is 24.1 Å². The van der Waals surface area contributed by atoms with Gasteiger partial charge in [0.1, 0.15) is 11.5 Å². The molecule has 138 valence electrons. The number of aromatic nitrogens is 1. The average molecular weight is 368 g/mol. The summed E-state index contributed by atoms with van der Waals surface area (Å²) >= 11 is 0. The summed E-state index contributed by atoms with van der Waals surface area (Å²) in [6.45, 7) is 2.82. The molecule has 1 aromatic carbocycles. The third-order valence-electron chi connectivity index (χ3n) is 4.20. The maximum absolute atomic E-state index is 13.8. The number of anilines is 1. The number of nitrogens with zero attached hydrogens (tertiary/aromatic N) is 2. The van der Waals surface area contributed by atoms with Gasteiger partial charge in [-0.3, -0.25) is 0 Å². The van der Waals surface area contributed by atoms with Crippen molar-refractivity contribution in [1.82, 2.24) is 4.98 Å². The lowest BCUT2D eigenvalue weighted by molar-refractivity contribution is -0.139. The summed E-state index contributed by atoms with van der Waals surface area (Å²) < 4.78 is 56.8. The Morgan fingerprint density at radius 2 is 2.04 bits per heavy atom. The van der Waals surface area contributed by atoms with Crippen molar-refractivity contribution in [2.45, 2.75) is 26.1 Å². The van der Waals surface area contributed by atoms with Crippen molar-refractivity contribution in [3.8, 4) is 0 Å². The van der Waals surface area contributed by atoms with Crippen molar-refractivity contribution in [2.24, 2.45) is 0 Å². The summed E-state index contributed by atoms with van der Waals surface area (Å²) in [7, 11) is 0. The number of carbonyl (C=O) groups is 1. The van der Waals surface area contributed by atoms with E-state index in [9.17, 15) is 22.4 Å². The molecule has 0 saturated heterocycles. The molecule has 0 atom stereocenters. The van der Waals surface area contributed by atoms with Crippen LogP contribution in [0.2, 0.25) is 0 Å². The first-order valence-corrected chi connectivity index (χ1v) is 8.06. The Balaban J connectivity index is 1.80. The lowest BCUT2D eigenvalue weighted by Crippen LogP contribution is -2.31. The van der Waals surface area contributed by atoms with E-state index in [1.165, 1.54) is 6.07 Å². The van der Waals surface area contributed by atoms with Gasteiger partial charge in [-0.05, 0) is 48.7 Å². The van der Waals surface area contributed by atoms with Crippen LogP contribution in [0, 0.1) is 5.82 Å². The SMILES string of the molecule is CCOC(=O)c1cc2c(cn1)CN(c1ccc(C(F)(F)F)c(F)c1)CC2. The minimum atomic E-state index is -4.72. The third-order valence-corrected chi connectivity index (χ3v) is 4.20. The molecular formula is C18H16F4N2O2. The number of hydrogen-bond donors (Lipinski definition) is 0. The van der Waals surface area contributed by atoms with Gasteiger partial charge in [-0.1, -0.05) is 0 Å². The van der Waals surface area contributed by atoms with E-state index in [1.54, 1.807) is 24.1 Å². The molecule has 26 heavy (non-hydrogen) atoms. The smallest absolute Gasteiger partial charge is 0.419 e. The highest BCUT2D eigenvalue weighted by Crippen LogP contribution is 2.34. The zero-order chi connectivity index (χ0) is 18.9. The van der Waals surface area contributed by atoms with Gasteiger partial charge in [0.2, 0.25) is 0 Å². The Morgan fingerprint density at radius 3 is 2.69 bits per heavy atom. The second-order valence-corrected chi connectivity index (χ2v) is 5.89. The monoisotopic (exact) mass is 368 g/mol. The van der Waals surface area contributed by atoms with E-state index in [0.29, 0.717) is 25.2 Å². The first-order chi connectivity index (χ1) is 12.3. The van der Waals surface area contributed by atoms with Crippen molar-refractivity contribution < 1.29 is 27.1 Å². The van der Waals surface area contributed by atoms with Gasteiger partial charge in [-0.25, -0.2) is 14.2 Å². The van der Waals surface area contributed by atoms with E-state index in [4.69, 9.17) is 4.74 Å². The first-order valence-electron chi connectivity index (χ1n) is 8.06. The number of halogens is 4. The lowest BCUT2D eigenvalue weighted by atomic mass is 10.00. The van der Waals surface area contributed by atoms with Crippen molar-refractivity contribution >= 4 is 11.7 Å². The van der Waals surface area contributed by atoms with Crippen molar-refractivity contribution in [1.29, 1.82) is 0 Å². The summed E-state index contributed by atoms with van der Waals surface area (Å²) in [5.74, 6) is -1.79. The molecular weight excluding hydrogens is 352 g/mol. The van der Waals surface area contributed by atoms with Gasteiger partial charge in [0, 0.05) is 25.0 Å². The highest BCUT2D eigenvalue weighted by molar-refractivity contribution is 5.87. The number of hydrogen-bond acceptors (Lipinski definition) is 4. The molecule has 2 heterocycles. The summed E-state index contributed by atoms with van der Waals surface area (Å²) in [5.41, 5.74) is 1.07. The first kappa shape index (κ1) is 18.2. The van der Waals surface area contributed by atoms with Crippen LogP contribution < -0.4 is 4.90 Å². The van der Waals surface area contributed by atoms with E-state index in [0.717, 1.165) is 23.3 Å². The summed E-state index contributed by atoms with van der Waals surface area (Å²) in [6, 6.07) is 4.58. The molecule has 2 aromatic rings. The predicted molar refractivity (Wildman–Crippen MR) is 86.3 cm³/mol. The molecule has 1 aliphatic heterocycles. The minimum Gasteiger partial charge on any atom is -0.461 e. The molecule has 4 nitrogen and oxygen atoms in total. The molecule has 0 unspecified atom stereocenters. The van der Waals surface area contributed by atoms with Crippen LogP contribution in [0.3, 0.4) is 0 Å². The molecule has 0 bridgehead atoms. The Kier molecular flexibility index (Phi) is 4.84. The fourth-order valence-electron chi connectivity index (χ4n) is 2.91. The second kappa shape index (κ2) is 6.93. The third kappa shape index (κ3) is 3.63. The zero-order valence-electron chi connectivity index (χ0n) is 13.9. The quantitative estimate of drug-likeness (QED) is 0.607. The maximum Gasteiger partial charge on any atom is 0.419 e. The second-order valence-electron chi connectivity index (χ2n) is 5.89. The molecule has 0 amide bonds. The zero-order valence-corrected chi connectivity index (χ0v) is 13.9. The molecule has 0 fully saturated rings. The van der Waals surface area contributed by atoms with Crippen LogP contribution in [0.1, 0.15) is 34.1 Å².